The average Bonchev–Trinajstić information content (AvgIpc) is 3.16. The molecular weight excluding hydrogens is 236 g/mol. The summed E-state index contributed by atoms with van der Waals surface area (Å²) in [5, 5.41) is 0. The van der Waals surface area contributed by atoms with Gasteiger partial charge in [-0.3, -0.25) is 0 Å². The van der Waals surface area contributed by atoms with Crippen LogP contribution in [0.2, 0.25) is 0 Å². The minimum Gasteiger partial charge on any atom is -0.435 e. The highest BCUT2D eigenvalue weighted by molar-refractivity contribution is 5.46. The second-order valence-corrected chi connectivity index (χ2v) is 5.60. The lowest BCUT2D eigenvalue weighted by atomic mass is 9.85. The van der Waals surface area contributed by atoms with Crippen molar-refractivity contribution in [2.75, 3.05) is 0 Å². The molecule has 2 aliphatic carbocycles. The summed E-state index contributed by atoms with van der Waals surface area (Å²) < 4.78 is 29.3. The van der Waals surface area contributed by atoms with Gasteiger partial charge in [-0.05, 0) is 49.8 Å². The number of nitrogens with two attached hydrogens (primary N) is 1. The second kappa shape index (κ2) is 3.67. The van der Waals surface area contributed by atoms with Gasteiger partial charge in [-0.2, -0.15) is 8.78 Å². The number of benzene rings is 1. The van der Waals surface area contributed by atoms with E-state index in [-0.39, 0.29) is 16.7 Å². The fourth-order valence-corrected chi connectivity index (χ4v) is 2.93. The van der Waals surface area contributed by atoms with Crippen molar-refractivity contribution in [1.29, 1.82) is 0 Å². The lowest BCUT2D eigenvalue weighted by Gasteiger charge is -2.24. The molecule has 0 atom stereocenters. The molecule has 0 aliphatic heterocycles. The smallest absolute Gasteiger partial charge is 0.387 e. The molecule has 0 unspecified atom stereocenters. The van der Waals surface area contributed by atoms with Gasteiger partial charge in [0.05, 0.1) is 0 Å². The van der Waals surface area contributed by atoms with E-state index in [2.05, 4.69) is 4.74 Å². The first-order chi connectivity index (χ1) is 8.47. The number of ether oxygens (including phenoxy) is 1. The van der Waals surface area contributed by atoms with E-state index < -0.39 is 6.61 Å². The fraction of sp³-hybridized carbons (Fsp3) is 0.571. The van der Waals surface area contributed by atoms with Crippen LogP contribution in [0, 0.1) is 6.92 Å². The van der Waals surface area contributed by atoms with Gasteiger partial charge in [0, 0.05) is 11.0 Å². The molecule has 0 heterocycles. The molecule has 4 heteroatoms. The Hall–Kier alpha value is -1.16. The van der Waals surface area contributed by atoms with Crippen molar-refractivity contribution in [2.24, 2.45) is 5.73 Å². The Bertz CT molecular complexity index is 479. The van der Waals surface area contributed by atoms with Crippen LogP contribution in [0.3, 0.4) is 0 Å². The standard InChI is InChI=1S/C14H17F2NO/c1-9-2-3-10(8-11(9)18-12(15)16)13(4-5-13)14(17)6-7-14/h2-3,8,12H,4-7,17H2,1H3. The van der Waals surface area contributed by atoms with E-state index in [4.69, 9.17) is 5.73 Å². The Morgan fingerprint density at radius 3 is 2.39 bits per heavy atom. The number of hydrogen-bond acceptors (Lipinski definition) is 2. The van der Waals surface area contributed by atoms with Crippen molar-refractivity contribution in [3.05, 3.63) is 29.3 Å². The zero-order valence-electron chi connectivity index (χ0n) is 10.4. The summed E-state index contributed by atoms with van der Waals surface area (Å²) in [6, 6.07) is 5.61. The van der Waals surface area contributed by atoms with Gasteiger partial charge in [-0.15, -0.1) is 0 Å². The van der Waals surface area contributed by atoms with Crippen LogP contribution in [-0.2, 0) is 5.41 Å². The van der Waals surface area contributed by atoms with Crippen molar-refractivity contribution >= 4 is 0 Å². The second-order valence-electron chi connectivity index (χ2n) is 5.60. The lowest BCUT2D eigenvalue weighted by molar-refractivity contribution is -0.0503. The highest BCUT2D eigenvalue weighted by atomic mass is 19.3. The molecule has 0 amide bonds. The third-order valence-corrected chi connectivity index (χ3v) is 4.45. The predicted octanol–water partition coefficient (Wildman–Crippen LogP) is 3.12. The van der Waals surface area contributed by atoms with Gasteiger partial charge in [0.1, 0.15) is 5.75 Å². The summed E-state index contributed by atoms with van der Waals surface area (Å²) in [5.41, 5.74) is 8.02. The van der Waals surface area contributed by atoms with Crippen LogP contribution < -0.4 is 10.5 Å². The molecule has 0 radical (unpaired) electrons. The van der Waals surface area contributed by atoms with Crippen molar-refractivity contribution in [1.82, 2.24) is 0 Å². The number of aryl methyl sites for hydroxylation is 1. The molecule has 1 aromatic rings. The van der Waals surface area contributed by atoms with E-state index in [9.17, 15) is 8.78 Å². The van der Waals surface area contributed by atoms with E-state index in [0.717, 1.165) is 36.8 Å². The maximum Gasteiger partial charge on any atom is 0.387 e. The highest BCUT2D eigenvalue weighted by Crippen LogP contribution is 2.63. The summed E-state index contributed by atoms with van der Waals surface area (Å²) in [6.45, 7) is -1.00. The largest absolute Gasteiger partial charge is 0.435 e. The molecule has 1 aromatic carbocycles. The van der Waals surface area contributed by atoms with Gasteiger partial charge >= 0.3 is 6.61 Å². The normalized spacial score (nSPS) is 22.9. The van der Waals surface area contributed by atoms with Gasteiger partial charge in [0.2, 0.25) is 0 Å². The monoisotopic (exact) mass is 253 g/mol. The molecule has 3 rings (SSSR count). The van der Waals surface area contributed by atoms with Crippen LogP contribution in [0.5, 0.6) is 5.75 Å². The Morgan fingerprint density at radius 2 is 1.89 bits per heavy atom. The van der Waals surface area contributed by atoms with Gasteiger partial charge in [0.15, 0.2) is 0 Å². The summed E-state index contributed by atoms with van der Waals surface area (Å²) in [4.78, 5) is 0. The zero-order valence-corrected chi connectivity index (χ0v) is 10.4. The first-order valence-electron chi connectivity index (χ1n) is 6.32. The quantitative estimate of drug-likeness (QED) is 0.894. The molecule has 0 aromatic heterocycles. The van der Waals surface area contributed by atoms with Gasteiger partial charge in [-0.1, -0.05) is 12.1 Å². The lowest BCUT2D eigenvalue weighted by Crippen LogP contribution is -2.37. The van der Waals surface area contributed by atoms with Gasteiger partial charge in [0.25, 0.3) is 0 Å². The number of alkyl halides is 2. The van der Waals surface area contributed by atoms with Crippen LogP contribution in [0.4, 0.5) is 8.78 Å². The van der Waals surface area contributed by atoms with Gasteiger partial charge < -0.3 is 10.5 Å². The Balaban J connectivity index is 1.94. The Kier molecular flexibility index (Phi) is 2.43. The molecule has 2 nitrogen and oxygen atoms in total. The van der Waals surface area contributed by atoms with Crippen LogP contribution in [0.25, 0.3) is 0 Å². The summed E-state index contributed by atoms with van der Waals surface area (Å²) >= 11 is 0. The number of hydrogen-bond donors (Lipinski definition) is 1. The van der Waals surface area contributed by atoms with Gasteiger partial charge in [-0.25, -0.2) is 0 Å². The van der Waals surface area contributed by atoms with E-state index in [1.54, 1.807) is 13.0 Å². The van der Waals surface area contributed by atoms with Crippen molar-refractivity contribution in [2.45, 2.75) is 50.2 Å². The molecule has 0 spiro atoms. The molecule has 0 bridgehead atoms. The van der Waals surface area contributed by atoms with Crippen LogP contribution in [0.1, 0.15) is 36.8 Å². The minimum atomic E-state index is -2.78. The minimum absolute atomic E-state index is 0.0148. The Labute approximate surface area is 105 Å². The molecule has 18 heavy (non-hydrogen) atoms. The molecule has 2 N–H and O–H groups in total. The molecular formula is C14H17F2NO. The third kappa shape index (κ3) is 1.70. The van der Waals surface area contributed by atoms with Crippen LogP contribution >= 0.6 is 0 Å². The Morgan fingerprint density at radius 1 is 1.22 bits per heavy atom. The fourth-order valence-electron chi connectivity index (χ4n) is 2.93. The van der Waals surface area contributed by atoms with E-state index in [0.29, 0.717) is 0 Å². The summed E-state index contributed by atoms with van der Waals surface area (Å²) in [6.07, 6.45) is 4.18. The van der Waals surface area contributed by atoms with Crippen molar-refractivity contribution < 1.29 is 13.5 Å². The molecule has 2 saturated carbocycles. The van der Waals surface area contributed by atoms with Crippen molar-refractivity contribution in [3.8, 4) is 5.75 Å². The average molecular weight is 253 g/mol. The predicted molar refractivity (Wildman–Crippen MR) is 64.9 cm³/mol. The molecule has 0 saturated heterocycles. The van der Waals surface area contributed by atoms with Crippen LogP contribution in [0.15, 0.2) is 18.2 Å². The first kappa shape index (κ1) is 11.9. The summed E-state index contributed by atoms with van der Waals surface area (Å²) in [7, 11) is 0. The SMILES string of the molecule is Cc1ccc(C2(C3(N)CC3)CC2)cc1OC(F)F. The highest BCUT2D eigenvalue weighted by Gasteiger charge is 2.64. The topological polar surface area (TPSA) is 35.2 Å². The maximum absolute atomic E-state index is 12.3. The maximum atomic E-state index is 12.3. The first-order valence-corrected chi connectivity index (χ1v) is 6.32. The van der Waals surface area contributed by atoms with E-state index >= 15 is 0 Å². The molecule has 98 valence electrons. The van der Waals surface area contributed by atoms with Crippen molar-refractivity contribution in [3.63, 3.8) is 0 Å². The number of halogens is 2. The molecule has 2 fully saturated rings. The molecule has 2 aliphatic rings. The zero-order chi connectivity index (χ0) is 13.0. The number of rotatable bonds is 4. The summed E-state index contributed by atoms with van der Waals surface area (Å²) in [5.74, 6) is 0.276. The van der Waals surface area contributed by atoms with Crippen LogP contribution in [-0.4, -0.2) is 12.2 Å². The van der Waals surface area contributed by atoms with E-state index in [1.807, 2.05) is 12.1 Å². The van der Waals surface area contributed by atoms with E-state index in [1.165, 1.54) is 0 Å². The third-order valence-electron chi connectivity index (χ3n) is 4.45.